The van der Waals surface area contributed by atoms with E-state index in [0.717, 1.165) is 23.2 Å². The number of carbonyl (C=O) groups is 1. The minimum Gasteiger partial charge on any atom is -0.477 e. The first kappa shape index (κ1) is 12.7. The second kappa shape index (κ2) is 4.84. The van der Waals surface area contributed by atoms with Crippen molar-refractivity contribution in [2.75, 3.05) is 0 Å². The maximum absolute atomic E-state index is 11.2. The molecule has 1 saturated carbocycles. The molecule has 0 spiro atoms. The quantitative estimate of drug-likeness (QED) is 0.898. The van der Waals surface area contributed by atoms with E-state index in [1.54, 1.807) is 6.07 Å². The molecule has 1 heterocycles. The Morgan fingerprint density at radius 2 is 2.12 bits per heavy atom. The standard InChI is InChI=1S/C13H18BrNO2/c1-8-3-4-11(5-9(8)2)15-7-10(14)6-12(15)13(16)17/h6-9,11H,3-5H2,1-2H3,(H,16,17). The Balaban J connectivity index is 2.25. The molecule has 1 aliphatic carbocycles. The zero-order valence-corrected chi connectivity index (χ0v) is 11.8. The fourth-order valence-corrected chi connectivity index (χ4v) is 3.13. The van der Waals surface area contributed by atoms with Crippen LogP contribution in [0.1, 0.15) is 49.6 Å². The zero-order chi connectivity index (χ0) is 12.6. The van der Waals surface area contributed by atoms with Gasteiger partial charge in [0.15, 0.2) is 0 Å². The van der Waals surface area contributed by atoms with Crippen LogP contribution < -0.4 is 0 Å². The Bertz CT molecular complexity index is 427. The van der Waals surface area contributed by atoms with Gasteiger partial charge in [0.25, 0.3) is 0 Å². The van der Waals surface area contributed by atoms with Gasteiger partial charge >= 0.3 is 5.97 Å². The molecular weight excluding hydrogens is 282 g/mol. The van der Waals surface area contributed by atoms with Gasteiger partial charge in [0.2, 0.25) is 0 Å². The number of aromatic nitrogens is 1. The van der Waals surface area contributed by atoms with Crippen LogP contribution in [-0.2, 0) is 0 Å². The lowest BCUT2D eigenvalue weighted by molar-refractivity contribution is 0.0678. The van der Waals surface area contributed by atoms with Crippen LogP contribution >= 0.6 is 15.9 Å². The maximum atomic E-state index is 11.2. The third kappa shape index (κ3) is 2.57. The summed E-state index contributed by atoms with van der Waals surface area (Å²) in [5.41, 5.74) is 0.392. The number of aromatic carboxylic acids is 1. The fourth-order valence-electron chi connectivity index (χ4n) is 2.69. The number of carboxylic acid groups (broad SMARTS) is 1. The van der Waals surface area contributed by atoms with Crippen LogP contribution in [0.25, 0.3) is 0 Å². The highest BCUT2D eigenvalue weighted by Crippen LogP contribution is 2.37. The summed E-state index contributed by atoms with van der Waals surface area (Å²) in [6.45, 7) is 4.54. The Kier molecular flexibility index (Phi) is 3.61. The molecule has 1 aromatic rings. The summed E-state index contributed by atoms with van der Waals surface area (Å²) < 4.78 is 2.77. The van der Waals surface area contributed by atoms with Crippen molar-refractivity contribution in [2.45, 2.75) is 39.2 Å². The van der Waals surface area contributed by atoms with E-state index in [1.807, 2.05) is 10.8 Å². The number of hydrogen-bond donors (Lipinski definition) is 1. The summed E-state index contributed by atoms with van der Waals surface area (Å²) >= 11 is 3.36. The second-order valence-electron chi connectivity index (χ2n) is 5.18. The summed E-state index contributed by atoms with van der Waals surface area (Å²) in [5, 5.41) is 9.19. The molecule has 3 unspecified atom stereocenters. The van der Waals surface area contributed by atoms with Gasteiger partial charge in [0, 0.05) is 16.7 Å². The highest BCUT2D eigenvalue weighted by molar-refractivity contribution is 9.10. The molecular formula is C13H18BrNO2. The molecule has 0 aromatic carbocycles. The maximum Gasteiger partial charge on any atom is 0.352 e. The lowest BCUT2D eigenvalue weighted by Gasteiger charge is -2.33. The summed E-state index contributed by atoms with van der Waals surface area (Å²) in [4.78, 5) is 11.2. The third-order valence-corrected chi connectivity index (χ3v) is 4.43. The molecule has 0 aliphatic heterocycles. The van der Waals surface area contributed by atoms with Crippen molar-refractivity contribution in [1.82, 2.24) is 4.57 Å². The largest absolute Gasteiger partial charge is 0.477 e. The molecule has 4 heteroatoms. The lowest BCUT2D eigenvalue weighted by Crippen LogP contribution is -2.24. The van der Waals surface area contributed by atoms with Crippen LogP contribution in [-0.4, -0.2) is 15.6 Å². The number of halogens is 1. The minimum absolute atomic E-state index is 0.332. The van der Waals surface area contributed by atoms with Crippen LogP contribution in [0.2, 0.25) is 0 Å². The van der Waals surface area contributed by atoms with Crippen LogP contribution in [0.3, 0.4) is 0 Å². The van der Waals surface area contributed by atoms with E-state index in [1.165, 1.54) is 6.42 Å². The molecule has 1 aliphatic rings. The minimum atomic E-state index is -0.845. The van der Waals surface area contributed by atoms with Gasteiger partial charge in [-0.15, -0.1) is 0 Å². The molecule has 3 atom stereocenters. The predicted molar refractivity (Wildman–Crippen MR) is 70.3 cm³/mol. The molecule has 3 nitrogen and oxygen atoms in total. The number of rotatable bonds is 2. The number of carboxylic acids is 1. The van der Waals surface area contributed by atoms with Gasteiger partial charge in [0.05, 0.1) is 0 Å². The highest BCUT2D eigenvalue weighted by Gasteiger charge is 2.27. The summed E-state index contributed by atoms with van der Waals surface area (Å²) in [7, 11) is 0. The topological polar surface area (TPSA) is 42.2 Å². The number of nitrogens with zero attached hydrogens (tertiary/aromatic N) is 1. The first-order valence-corrected chi connectivity index (χ1v) is 6.89. The molecule has 0 amide bonds. The van der Waals surface area contributed by atoms with Gasteiger partial charge < -0.3 is 9.67 Å². The van der Waals surface area contributed by atoms with E-state index in [0.29, 0.717) is 17.7 Å². The lowest BCUT2D eigenvalue weighted by atomic mass is 9.79. The van der Waals surface area contributed by atoms with Crippen molar-refractivity contribution in [2.24, 2.45) is 11.8 Å². The third-order valence-electron chi connectivity index (χ3n) is 4.00. The Labute approximate surface area is 110 Å². The molecule has 2 rings (SSSR count). The van der Waals surface area contributed by atoms with Crippen molar-refractivity contribution in [3.05, 3.63) is 22.4 Å². The molecule has 0 bridgehead atoms. The fraction of sp³-hybridized carbons (Fsp3) is 0.615. The van der Waals surface area contributed by atoms with E-state index in [4.69, 9.17) is 0 Å². The van der Waals surface area contributed by atoms with Crippen molar-refractivity contribution >= 4 is 21.9 Å². The molecule has 1 aromatic heterocycles. The SMILES string of the molecule is CC1CCC(n2cc(Br)cc2C(=O)O)CC1C. The first-order chi connectivity index (χ1) is 7.99. The summed E-state index contributed by atoms with van der Waals surface area (Å²) in [5.74, 6) is 0.567. The van der Waals surface area contributed by atoms with Gasteiger partial charge in [-0.25, -0.2) is 4.79 Å². The molecule has 94 valence electrons. The molecule has 17 heavy (non-hydrogen) atoms. The smallest absolute Gasteiger partial charge is 0.352 e. The average molecular weight is 300 g/mol. The zero-order valence-electron chi connectivity index (χ0n) is 10.2. The second-order valence-corrected chi connectivity index (χ2v) is 6.09. The first-order valence-electron chi connectivity index (χ1n) is 6.09. The van der Waals surface area contributed by atoms with Gasteiger partial charge in [-0.2, -0.15) is 0 Å². The summed E-state index contributed by atoms with van der Waals surface area (Å²) in [6, 6.07) is 2.02. The van der Waals surface area contributed by atoms with E-state index < -0.39 is 5.97 Å². The molecule has 0 saturated heterocycles. The van der Waals surface area contributed by atoms with Crippen molar-refractivity contribution in [3.63, 3.8) is 0 Å². The van der Waals surface area contributed by atoms with Gasteiger partial charge in [-0.1, -0.05) is 13.8 Å². The average Bonchev–Trinajstić information content (AvgIpc) is 2.64. The molecule has 0 radical (unpaired) electrons. The normalized spacial score (nSPS) is 29.2. The van der Waals surface area contributed by atoms with Crippen LogP contribution in [0.5, 0.6) is 0 Å². The van der Waals surface area contributed by atoms with Crippen LogP contribution in [0, 0.1) is 11.8 Å². The number of hydrogen-bond acceptors (Lipinski definition) is 1. The summed E-state index contributed by atoms with van der Waals surface area (Å²) in [6.07, 6.45) is 5.23. The van der Waals surface area contributed by atoms with E-state index >= 15 is 0 Å². The van der Waals surface area contributed by atoms with E-state index in [2.05, 4.69) is 29.8 Å². The Morgan fingerprint density at radius 1 is 1.41 bits per heavy atom. The van der Waals surface area contributed by atoms with Gasteiger partial charge in [0.1, 0.15) is 5.69 Å². The predicted octanol–water partition coefficient (Wildman–Crippen LogP) is 3.95. The van der Waals surface area contributed by atoms with E-state index in [9.17, 15) is 9.90 Å². The molecule has 1 N–H and O–H groups in total. The highest BCUT2D eigenvalue weighted by atomic mass is 79.9. The molecule has 1 fully saturated rings. The van der Waals surface area contributed by atoms with Crippen molar-refractivity contribution < 1.29 is 9.90 Å². The van der Waals surface area contributed by atoms with E-state index in [-0.39, 0.29) is 0 Å². The van der Waals surface area contributed by atoms with Gasteiger partial charge in [-0.3, -0.25) is 0 Å². The van der Waals surface area contributed by atoms with Crippen LogP contribution in [0.15, 0.2) is 16.7 Å². The van der Waals surface area contributed by atoms with Crippen molar-refractivity contribution in [3.8, 4) is 0 Å². The monoisotopic (exact) mass is 299 g/mol. The Hall–Kier alpha value is -0.770. The van der Waals surface area contributed by atoms with Crippen molar-refractivity contribution in [1.29, 1.82) is 0 Å². The van der Waals surface area contributed by atoms with Gasteiger partial charge in [-0.05, 0) is 53.1 Å². The van der Waals surface area contributed by atoms with Crippen LogP contribution in [0.4, 0.5) is 0 Å². The Morgan fingerprint density at radius 3 is 2.71 bits per heavy atom.